The maximum absolute atomic E-state index is 12.1. The Morgan fingerprint density at radius 1 is 1.35 bits per heavy atom. The van der Waals surface area contributed by atoms with Gasteiger partial charge in [0, 0.05) is 12.1 Å². The van der Waals surface area contributed by atoms with Crippen LogP contribution in [0.4, 0.5) is 0 Å². The number of aliphatic hydroxyl groups is 1. The van der Waals surface area contributed by atoms with E-state index in [1.807, 2.05) is 6.07 Å². The molecule has 6 heteroatoms. The fraction of sp³-hybridized carbons (Fsp3) is 0.571. The van der Waals surface area contributed by atoms with E-state index in [0.717, 1.165) is 30.5 Å². The highest BCUT2D eigenvalue weighted by atomic mass is 16.3. The molecule has 1 saturated heterocycles. The van der Waals surface area contributed by atoms with Crippen molar-refractivity contribution in [1.29, 1.82) is 5.26 Å². The fourth-order valence-electron chi connectivity index (χ4n) is 2.67. The predicted octanol–water partition coefficient (Wildman–Crippen LogP) is 0.322. The number of aromatic nitrogens is 1. The number of hydrogen-bond acceptors (Lipinski definition) is 5. The Balaban J connectivity index is 2.51. The lowest BCUT2D eigenvalue weighted by Gasteiger charge is -2.20. The molecule has 0 bridgehead atoms. The minimum Gasteiger partial charge on any atom is -0.494 e. The van der Waals surface area contributed by atoms with Crippen LogP contribution in [0, 0.1) is 18.3 Å². The summed E-state index contributed by atoms with van der Waals surface area (Å²) in [4.78, 5) is 14.3. The summed E-state index contributed by atoms with van der Waals surface area (Å²) in [7, 11) is 0. The Morgan fingerprint density at radius 3 is 2.55 bits per heavy atom. The topological polar surface area (TPSA) is 89.5 Å². The number of nitriles is 1. The standard InChI is InChI=1S/C14H19N3O3/c1-10-11(8-15)13(19)17(6-7-18)14(20)12(10)9-16-4-2-3-5-16/h18,20H,2-7,9H2,1H3. The van der Waals surface area contributed by atoms with E-state index in [9.17, 15) is 9.90 Å². The number of nitrogens with zero attached hydrogens (tertiary/aromatic N) is 3. The first-order chi connectivity index (χ1) is 9.60. The van der Waals surface area contributed by atoms with Crippen LogP contribution in [-0.2, 0) is 13.1 Å². The minimum absolute atomic E-state index is 0.00731. The van der Waals surface area contributed by atoms with Crippen molar-refractivity contribution in [3.63, 3.8) is 0 Å². The molecule has 6 nitrogen and oxygen atoms in total. The van der Waals surface area contributed by atoms with Crippen LogP contribution in [0.5, 0.6) is 5.88 Å². The van der Waals surface area contributed by atoms with Gasteiger partial charge in [-0.15, -0.1) is 0 Å². The molecule has 1 aliphatic rings. The molecule has 0 radical (unpaired) electrons. The summed E-state index contributed by atoms with van der Waals surface area (Å²) in [6, 6.07) is 1.91. The van der Waals surface area contributed by atoms with Crippen molar-refractivity contribution in [2.45, 2.75) is 32.9 Å². The first kappa shape index (κ1) is 14.6. The Kier molecular flexibility index (Phi) is 4.42. The molecule has 0 atom stereocenters. The smallest absolute Gasteiger partial charge is 0.271 e. The van der Waals surface area contributed by atoms with Crippen LogP contribution in [0.25, 0.3) is 0 Å². The molecule has 1 aliphatic heterocycles. The molecule has 2 rings (SSSR count). The number of likely N-dealkylation sites (tertiary alicyclic amines) is 1. The molecule has 0 amide bonds. The number of pyridine rings is 1. The molecule has 1 aromatic heterocycles. The highest BCUT2D eigenvalue weighted by molar-refractivity contribution is 5.45. The summed E-state index contributed by atoms with van der Waals surface area (Å²) in [5.41, 5.74) is 0.653. The van der Waals surface area contributed by atoms with E-state index < -0.39 is 5.56 Å². The van der Waals surface area contributed by atoms with Crippen molar-refractivity contribution in [1.82, 2.24) is 9.47 Å². The molecule has 2 N–H and O–H groups in total. The molecule has 0 saturated carbocycles. The van der Waals surface area contributed by atoms with E-state index >= 15 is 0 Å². The summed E-state index contributed by atoms with van der Waals surface area (Å²) in [5.74, 6) is -0.132. The molecule has 0 aliphatic carbocycles. The van der Waals surface area contributed by atoms with Gasteiger partial charge < -0.3 is 10.2 Å². The molecule has 0 aromatic carbocycles. The van der Waals surface area contributed by atoms with Gasteiger partial charge in [0.05, 0.1) is 13.2 Å². The zero-order valence-electron chi connectivity index (χ0n) is 11.6. The van der Waals surface area contributed by atoms with Gasteiger partial charge in [0.15, 0.2) is 5.88 Å². The Hall–Kier alpha value is -1.84. The summed E-state index contributed by atoms with van der Waals surface area (Å²) in [6.45, 7) is 3.86. The minimum atomic E-state index is -0.540. The average molecular weight is 277 g/mol. The van der Waals surface area contributed by atoms with Gasteiger partial charge >= 0.3 is 0 Å². The van der Waals surface area contributed by atoms with Crippen molar-refractivity contribution in [3.05, 3.63) is 27.0 Å². The van der Waals surface area contributed by atoms with Crippen molar-refractivity contribution in [3.8, 4) is 11.9 Å². The van der Waals surface area contributed by atoms with Crippen LogP contribution in [0.15, 0.2) is 4.79 Å². The lowest BCUT2D eigenvalue weighted by atomic mass is 10.0. The van der Waals surface area contributed by atoms with Crippen molar-refractivity contribution >= 4 is 0 Å². The van der Waals surface area contributed by atoms with Gasteiger partial charge in [-0.3, -0.25) is 14.3 Å². The van der Waals surface area contributed by atoms with Gasteiger partial charge in [0.25, 0.3) is 5.56 Å². The largest absolute Gasteiger partial charge is 0.494 e. The summed E-state index contributed by atoms with van der Waals surface area (Å²) >= 11 is 0. The van der Waals surface area contributed by atoms with E-state index in [1.54, 1.807) is 6.92 Å². The molecular weight excluding hydrogens is 258 g/mol. The Bertz CT molecular complexity index is 595. The van der Waals surface area contributed by atoms with Gasteiger partial charge in [0.1, 0.15) is 11.6 Å². The van der Waals surface area contributed by atoms with Crippen LogP contribution in [-0.4, -0.2) is 39.4 Å². The molecule has 1 aromatic rings. The third-order valence-corrected chi connectivity index (χ3v) is 3.83. The molecule has 1 fully saturated rings. The second-order valence-electron chi connectivity index (χ2n) is 5.08. The second kappa shape index (κ2) is 6.07. The van der Waals surface area contributed by atoms with Crippen LogP contribution < -0.4 is 5.56 Å². The number of hydrogen-bond donors (Lipinski definition) is 2. The maximum Gasteiger partial charge on any atom is 0.271 e. The van der Waals surface area contributed by atoms with Crippen LogP contribution in [0.3, 0.4) is 0 Å². The number of aliphatic hydroxyl groups excluding tert-OH is 1. The predicted molar refractivity (Wildman–Crippen MR) is 73.4 cm³/mol. The zero-order chi connectivity index (χ0) is 14.7. The van der Waals surface area contributed by atoms with Crippen LogP contribution in [0.2, 0.25) is 0 Å². The van der Waals surface area contributed by atoms with E-state index in [2.05, 4.69) is 4.90 Å². The van der Waals surface area contributed by atoms with Gasteiger partial charge in [-0.1, -0.05) is 0 Å². The number of rotatable bonds is 4. The first-order valence-corrected chi connectivity index (χ1v) is 6.78. The maximum atomic E-state index is 12.1. The zero-order valence-corrected chi connectivity index (χ0v) is 11.6. The molecule has 108 valence electrons. The highest BCUT2D eigenvalue weighted by Gasteiger charge is 2.21. The summed E-state index contributed by atoms with van der Waals surface area (Å²) < 4.78 is 1.08. The summed E-state index contributed by atoms with van der Waals surface area (Å²) in [5, 5.41) is 28.4. The molecular formula is C14H19N3O3. The fourth-order valence-corrected chi connectivity index (χ4v) is 2.67. The van der Waals surface area contributed by atoms with Gasteiger partial charge in [0.2, 0.25) is 0 Å². The SMILES string of the molecule is Cc1c(CN2CCCC2)c(O)n(CCO)c(=O)c1C#N. The molecule has 0 spiro atoms. The average Bonchev–Trinajstić information content (AvgIpc) is 2.93. The van der Waals surface area contributed by atoms with E-state index in [0.29, 0.717) is 17.7 Å². The third-order valence-electron chi connectivity index (χ3n) is 3.83. The van der Waals surface area contributed by atoms with Crippen LogP contribution in [0.1, 0.15) is 29.5 Å². The molecule has 0 unspecified atom stereocenters. The van der Waals surface area contributed by atoms with E-state index in [-0.39, 0.29) is 24.6 Å². The van der Waals surface area contributed by atoms with Crippen molar-refractivity contribution < 1.29 is 10.2 Å². The van der Waals surface area contributed by atoms with E-state index in [4.69, 9.17) is 10.4 Å². The van der Waals surface area contributed by atoms with Crippen molar-refractivity contribution in [2.24, 2.45) is 0 Å². The van der Waals surface area contributed by atoms with Gasteiger partial charge in [-0.05, 0) is 38.4 Å². The van der Waals surface area contributed by atoms with Crippen LogP contribution >= 0.6 is 0 Å². The van der Waals surface area contributed by atoms with Crippen molar-refractivity contribution in [2.75, 3.05) is 19.7 Å². The lowest BCUT2D eigenvalue weighted by molar-refractivity contribution is 0.260. The quantitative estimate of drug-likeness (QED) is 0.827. The summed E-state index contributed by atoms with van der Waals surface area (Å²) in [6.07, 6.45) is 2.25. The van der Waals surface area contributed by atoms with Gasteiger partial charge in [-0.2, -0.15) is 5.26 Å². The monoisotopic (exact) mass is 277 g/mol. The Morgan fingerprint density at radius 2 is 2.00 bits per heavy atom. The highest BCUT2D eigenvalue weighted by Crippen LogP contribution is 2.24. The second-order valence-corrected chi connectivity index (χ2v) is 5.08. The molecule has 2 heterocycles. The normalized spacial score (nSPS) is 15.4. The molecule has 20 heavy (non-hydrogen) atoms. The lowest BCUT2D eigenvalue weighted by Crippen LogP contribution is -2.28. The first-order valence-electron chi connectivity index (χ1n) is 6.78. The third kappa shape index (κ3) is 2.55. The number of aromatic hydroxyl groups is 1. The Labute approximate surface area is 117 Å². The van der Waals surface area contributed by atoms with E-state index in [1.165, 1.54) is 0 Å². The van der Waals surface area contributed by atoms with Gasteiger partial charge in [-0.25, -0.2) is 0 Å².